The van der Waals surface area contributed by atoms with Gasteiger partial charge in [0, 0.05) is 17.5 Å². The molecule has 0 radical (unpaired) electrons. The molecule has 3 aromatic carbocycles. The molecule has 0 unspecified atom stereocenters. The molecule has 0 amide bonds. The van der Waals surface area contributed by atoms with Gasteiger partial charge in [0.05, 0.1) is 22.7 Å². The Bertz CT molecular complexity index is 1240. The van der Waals surface area contributed by atoms with Crippen LogP contribution in [-0.4, -0.2) is 9.97 Å². The highest BCUT2D eigenvalue weighted by molar-refractivity contribution is 5.90. The van der Waals surface area contributed by atoms with Crippen molar-refractivity contribution in [2.75, 3.05) is 5.32 Å². The number of alkyl halides is 3. The summed E-state index contributed by atoms with van der Waals surface area (Å²) in [4.78, 5) is 8.79. The van der Waals surface area contributed by atoms with Gasteiger partial charge in [0.2, 0.25) is 0 Å². The second kappa shape index (κ2) is 7.84. The van der Waals surface area contributed by atoms with Crippen LogP contribution in [0.2, 0.25) is 0 Å². The number of nitrogens with one attached hydrogen (secondary N) is 1. The van der Waals surface area contributed by atoms with Crippen molar-refractivity contribution in [2.24, 2.45) is 0 Å². The lowest BCUT2D eigenvalue weighted by molar-refractivity contribution is -0.137. The van der Waals surface area contributed by atoms with Gasteiger partial charge in [-0.25, -0.2) is 9.97 Å². The van der Waals surface area contributed by atoms with Gasteiger partial charge in [-0.15, -0.1) is 0 Å². The topological polar surface area (TPSA) is 61.6 Å². The Kier molecular flexibility index (Phi) is 5.07. The molecule has 4 nitrogen and oxygen atoms in total. The minimum atomic E-state index is -4.51. The molecular formula is C23H15F3N4. The highest BCUT2D eigenvalue weighted by Crippen LogP contribution is 2.36. The first-order valence-corrected chi connectivity index (χ1v) is 9.12. The lowest BCUT2D eigenvalue weighted by Crippen LogP contribution is -2.09. The standard InChI is InChI=1S/C23H15F3N4/c24-23(25,26)19-7-3-1-5-17(19)22-29-20-8-4-2-6-18(20)21(30-22)28-14-16-11-9-15(13-27)10-12-16/h1-12H,14H2,(H,28,29,30). The minimum absolute atomic E-state index is 0.00366. The second-order valence-electron chi connectivity index (χ2n) is 6.62. The summed E-state index contributed by atoms with van der Waals surface area (Å²) in [6.07, 6.45) is -4.51. The average molecular weight is 404 g/mol. The average Bonchev–Trinajstić information content (AvgIpc) is 2.77. The molecule has 0 aliphatic heterocycles. The van der Waals surface area contributed by atoms with Crippen LogP contribution in [0.5, 0.6) is 0 Å². The van der Waals surface area contributed by atoms with Gasteiger partial charge in [-0.3, -0.25) is 0 Å². The molecule has 1 aromatic heterocycles. The molecule has 0 aliphatic carbocycles. The van der Waals surface area contributed by atoms with E-state index in [1.165, 1.54) is 18.2 Å². The SMILES string of the molecule is N#Cc1ccc(CNc2nc(-c3ccccc3C(F)(F)F)nc3ccccc23)cc1. The van der Waals surface area contributed by atoms with Gasteiger partial charge in [0.15, 0.2) is 5.82 Å². The summed E-state index contributed by atoms with van der Waals surface area (Å²) >= 11 is 0. The Labute approximate surface area is 170 Å². The summed E-state index contributed by atoms with van der Waals surface area (Å²) in [7, 11) is 0. The number of benzene rings is 3. The molecule has 4 aromatic rings. The summed E-state index contributed by atoms with van der Waals surface area (Å²) < 4.78 is 40.5. The van der Waals surface area contributed by atoms with E-state index in [9.17, 15) is 13.2 Å². The van der Waals surface area contributed by atoms with Crippen LogP contribution in [0.25, 0.3) is 22.3 Å². The molecule has 7 heteroatoms. The molecular weight excluding hydrogens is 389 g/mol. The zero-order valence-corrected chi connectivity index (χ0v) is 15.6. The first kappa shape index (κ1) is 19.4. The molecule has 0 fully saturated rings. The summed E-state index contributed by atoms with van der Waals surface area (Å²) in [5.41, 5.74) is 1.16. The fraction of sp³-hybridized carbons (Fsp3) is 0.0870. The molecule has 0 saturated carbocycles. The summed E-state index contributed by atoms with van der Waals surface area (Å²) in [6.45, 7) is 0.396. The molecule has 1 N–H and O–H groups in total. The zero-order valence-electron chi connectivity index (χ0n) is 15.6. The Hall–Kier alpha value is -3.92. The van der Waals surface area contributed by atoms with Crippen molar-refractivity contribution in [3.05, 3.63) is 89.5 Å². The lowest BCUT2D eigenvalue weighted by Gasteiger charge is -2.14. The normalized spacial score (nSPS) is 11.3. The van der Waals surface area contributed by atoms with Crippen LogP contribution in [0.4, 0.5) is 19.0 Å². The van der Waals surface area contributed by atoms with Crippen LogP contribution >= 0.6 is 0 Å². The third-order valence-corrected chi connectivity index (χ3v) is 4.62. The van der Waals surface area contributed by atoms with Crippen molar-refractivity contribution >= 4 is 16.7 Å². The number of nitriles is 1. The minimum Gasteiger partial charge on any atom is -0.365 e. The second-order valence-corrected chi connectivity index (χ2v) is 6.62. The fourth-order valence-corrected chi connectivity index (χ4v) is 3.14. The van der Waals surface area contributed by atoms with Gasteiger partial charge in [-0.2, -0.15) is 18.4 Å². The highest BCUT2D eigenvalue weighted by atomic mass is 19.4. The maximum Gasteiger partial charge on any atom is 0.417 e. The number of fused-ring (bicyclic) bond motifs is 1. The molecule has 0 saturated heterocycles. The first-order valence-electron chi connectivity index (χ1n) is 9.12. The van der Waals surface area contributed by atoms with Crippen molar-refractivity contribution in [1.82, 2.24) is 9.97 Å². The maximum absolute atomic E-state index is 13.5. The van der Waals surface area contributed by atoms with E-state index >= 15 is 0 Å². The number of anilines is 1. The largest absolute Gasteiger partial charge is 0.417 e. The van der Waals surface area contributed by atoms with E-state index in [0.717, 1.165) is 11.6 Å². The predicted molar refractivity (Wildman–Crippen MR) is 108 cm³/mol. The molecule has 0 atom stereocenters. The van der Waals surface area contributed by atoms with Gasteiger partial charge in [0.25, 0.3) is 0 Å². The molecule has 148 valence electrons. The van der Waals surface area contributed by atoms with Gasteiger partial charge in [-0.1, -0.05) is 42.5 Å². The third kappa shape index (κ3) is 3.94. The molecule has 4 rings (SSSR count). The van der Waals surface area contributed by atoms with Gasteiger partial charge in [-0.05, 0) is 35.9 Å². The van der Waals surface area contributed by atoms with Crippen molar-refractivity contribution in [2.45, 2.75) is 12.7 Å². The number of rotatable bonds is 4. The Morgan fingerprint density at radius 1 is 0.867 bits per heavy atom. The zero-order chi connectivity index (χ0) is 21.1. The monoisotopic (exact) mass is 404 g/mol. The third-order valence-electron chi connectivity index (χ3n) is 4.62. The number of aromatic nitrogens is 2. The molecule has 1 heterocycles. The highest BCUT2D eigenvalue weighted by Gasteiger charge is 2.34. The van der Waals surface area contributed by atoms with E-state index in [-0.39, 0.29) is 11.4 Å². The van der Waals surface area contributed by atoms with Crippen molar-refractivity contribution < 1.29 is 13.2 Å². The molecule has 30 heavy (non-hydrogen) atoms. The Morgan fingerprint density at radius 3 is 2.30 bits per heavy atom. The van der Waals surface area contributed by atoms with E-state index in [1.54, 1.807) is 24.3 Å². The number of halogens is 3. The lowest BCUT2D eigenvalue weighted by atomic mass is 10.1. The Morgan fingerprint density at radius 2 is 1.57 bits per heavy atom. The van der Waals surface area contributed by atoms with Gasteiger partial charge in [0.1, 0.15) is 5.82 Å². The van der Waals surface area contributed by atoms with E-state index in [4.69, 9.17) is 5.26 Å². The summed E-state index contributed by atoms with van der Waals surface area (Å²) in [5, 5.41) is 12.8. The van der Waals surface area contributed by atoms with Crippen molar-refractivity contribution in [3.8, 4) is 17.5 Å². The van der Waals surface area contributed by atoms with Crippen LogP contribution in [0, 0.1) is 11.3 Å². The summed E-state index contributed by atoms with van der Waals surface area (Å²) in [5.74, 6) is 0.445. The van der Waals surface area contributed by atoms with E-state index < -0.39 is 11.7 Å². The van der Waals surface area contributed by atoms with Crippen LogP contribution in [0.15, 0.2) is 72.8 Å². The number of para-hydroxylation sites is 1. The smallest absolute Gasteiger partial charge is 0.365 e. The van der Waals surface area contributed by atoms with E-state index in [0.29, 0.717) is 28.8 Å². The number of hydrogen-bond acceptors (Lipinski definition) is 4. The van der Waals surface area contributed by atoms with Crippen LogP contribution in [0.1, 0.15) is 16.7 Å². The van der Waals surface area contributed by atoms with E-state index in [2.05, 4.69) is 21.4 Å². The van der Waals surface area contributed by atoms with Gasteiger partial charge < -0.3 is 5.32 Å². The van der Waals surface area contributed by atoms with Crippen molar-refractivity contribution in [3.63, 3.8) is 0 Å². The number of hydrogen-bond donors (Lipinski definition) is 1. The van der Waals surface area contributed by atoms with Crippen molar-refractivity contribution in [1.29, 1.82) is 5.26 Å². The first-order chi connectivity index (χ1) is 14.5. The van der Waals surface area contributed by atoms with E-state index in [1.807, 2.05) is 24.3 Å². The quantitative estimate of drug-likeness (QED) is 0.467. The maximum atomic E-state index is 13.5. The fourth-order valence-electron chi connectivity index (χ4n) is 3.14. The molecule has 0 aliphatic rings. The van der Waals surface area contributed by atoms with Gasteiger partial charge >= 0.3 is 6.18 Å². The number of nitrogens with zero attached hydrogens (tertiary/aromatic N) is 3. The van der Waals surface area contributed by atoms with Crippen LogP contribution < -0.4 is 5.32 Å². The Balaban J connectivity index is 1.76. The molecule has 0 spiro atoms. The summed E-state index contributed by atoms with van der Waals surface area (Å²) in [6, 6.07) is 21.5. The van der Waals surface area contributed by atoms with Crippen LogP contribution in [0.3, 0.4) is 0 Å². The molecule has 0 bridgehead atoms. The van der Waals surface area contributed by atoms with Crippen LogP contribution in [-0.2, 0) is 12.7 Å². The predicted octanol–water partition coefficient (Wildman–Crippen LogP) is 5.80.